The summed E-state index contributed by atoms with van der Waals surface area (Å²) in [7, 11) is 0. The molecule has 3 aliphatic heterocycles. The molecule has 158 valence electrons. The number of fused-ring (bicyclic) bond motifs is 1. The second-order valence-electron chi connectivity index (χ2n) is 8.26. The van der Waals surface area contributed by atoms with Gasteiger partial charge in [0.05, 0.1) is 0 Å². The highest BCUT2D eigenvalue weighted by atomic mass is 16.7. The molecule has 2 aromatic rings. The molecule has 0 N–H and O–H groups in total. The van der Waals surface area contributed by atoms with Crippen molar-refractivity contribution in [2.75, 3.05) is 46.1 Å². The van der Waals surface area contributed by atoms with Gasteiger partial charge < -0.3 is 14.4 Å². The van der Waals surface area contributed by atoms with E-state index < -0.39 is 0 Å². The first-order valence-corrected chi connectivity index (χ1v) is 10.8. The molecule has 2 fully saturated rings. The van der Waals surface area contributed by atoms with Crippen molar-refractivity contribution in [3.63, 3.8) is 0 Å². The van der Waals surface area contributed by atoms with Crippen LogP contribution < -0.4 is 9.47 Å². The Hall–Kier alpha value is -2.64. The molecule has 3 aliphatic rings. The van der Waals surface area contributed by atoms with E-state index in [1.54, 1.807) is 12.3 Å². The van der Waals surface area contributed by atoms with Gasteiger partial charge in [-0.25, -0.2) is 0 Å². The fraction of sp³-hybridized carbons (Fsp3) is 0.478. The van der Waals surface area contributed by atoms with E-state index in [9.17, 15) is 4.79 Å². The van der Waals surface area contributed by atoms with Crippen molar-refractivity contribution in [2.45, 2.75) is 25.4 Å². The summed E-state index contributed by atoms with van der Waals surface area (Å²) in [5, 5.41) is 0. The number of piperazine rings is 1. The molecular formula is C23H28N4O3. The van der Waals surface area contributed by atoms with E-state index in [0.29, 0.717) is 18.5 Å². The van der Waals surface area contributed by atoms with Gasteiger partial charge in [-0.1, -0.05) is 12.1 Å². The second kappa shape index (κ2) is 8.62. The standard InChI is InChI=1S/C23H28N4O3/c28-23(20-5-1-2-8-24-20)27-9-3-4-19(16-27)26-12-10-25(11-13-26)15-18-6-7-21-22(14-18)30-17-29-21/h1-2,5-8,14,19H,3-4,9-13,15-17H2/t19-/m0/s1. The zero-order chi connectivity index (χ0) is 20.3. The van der Waals surface area contributed by atoms with Gasteiger partial charge in [0.25, 0.3) is 5.91 Å². The lowest BCUT2D eigenvalue weighted by Crippen LogP contribution is -2.55. The highest BCUT2D eigenvalue weighted by Gasteiger charge is 2.30. The SMILES string of the molecule is O=C(c1ccccn1)N1CCC[C@H](N2CCN(Cc3ccc4c(c3)OCO4)CC2)C1. The van der Waals surface area contributed by atoms with Crippen LogP contribution in [-0.4, -0.2) is 77.7 Å². The van der Waals surface area contributed by atoms with Gasteiger partial charge in [-0.05, 0) is 42.7 Å². The summed E-state index contributed by atoms with van der Waals surface area (Å²) < 4.78 is 10.9. The number of piperidine rings is 1. The third-order valence-electron chi connectivity index (χ3n) is 6.33. The smallest absolute Gasteiger partial charge is 0.272 e. The summed E-state index contributed by atoms with van der Waals surface area (Å²) >= 11 is 0. The first-order valence-electron chi connectivity index (χ1n) is 10.8. The number of likely N-dealkylation sites (tertiary alicyclic amines) is 1. The normalized spacial score (nSPS) is 22.3. The molecule has 1 atom stereocenters. The van der Waals surface area contributed by atoms with Crippen LogP contribution in [0.25, 0.3) is 0 Å². The maximum Gasteiger partial charge on any atom is 0.272 e. The Labute approximate surface area is 177 Å². The lowest BCUT2D eigenvalue weighted by atomic mass is 10.0. The maximum absolute atomic E-state index is 12.8. The molecule has 5 rings (SSSR count). The Morgan fingerprint density at radius 3 is 2.73 bits per heavy atom. The number of aromatic nitrogens is 1. The van der Waals surface area contributed by atoms with Crippen molar-refractivity contribution in [2.24, 2.45) is 0 Å². The zero-order valence-corrected chi connectivity index (χ0v) is 17.2. The van der Waals surface area contributed by atoms with Gasteiger partial charge >= 0.3 is 0 Å². The van der Waals surface area contributed by atoms with Gasteiger partial charge in [0, 0.05) is 58.1 Å². The average Bonchev–Trinajstić information content (AvgIpc) is 3.28. The fourth-order valence-corrected chi connectivity index (χ4v) is 4.67. The van der Waals surface area contributed by atoms with Crippen LogP contribution >= 0.6 is 0 Å². The average molecular weight is 409 g/mol. The van der Waals surface area contributed by atoms with Crippen molar-refractivity contribution < 1.29 is 14.3 Å². The van der Waals surface area contributed by atoms with Gasteiger partial charge in [-0.15, -0.1) is 0 Å². The number of rotatable bonds is 4. The molecule has 0 radical (unpaired) electrons. The summed E-state index contributed by atoms with van der Waals surface area (Å²) in [5.74, 6) is 1.75. The molecule has 2 saturated heterocycles. The Morgan fingerprint density at radius 2 is 1.90 bits per heavy atom. The van der Waals surface area contributed by atoms with E-state index in [1.807, 2.05) is 23.1 Å². The van der Waals surface area contributed by atoms with Crippen molar-refractivity contribution in [3.8, 4) is 11.5 Å². The van der Waals surface area contributed by atoms with Crippen molar-refractivity contribution in [3.05, 3.63) is 53.9 Å². The number of carbonyl (C=O) groups excluding carboxylic acids is 1. The van der Waals surface area contributed by atoms with Gasteiger partial charge in [-0.2, -0.15) is 0 Å². The van der Waals surface area contributed by atoms with Gasteiger partial charge in [0.2, 0.25) is 6.79 Å². The number of hydrogen-bond donors (Lipinski definition) is 0. The molecule has 4 heterocycles. The second-order valence-corrected chi connectivity index (χ2v) is 8.26. The third-order valence-corrected chi connectivity index (χ3v) is 6.33. The van der Waals surface area contributed by atoms with Crippen LogP contribution in [0.2, 0.25) is 0 Å². The molecular weight excluding hydrogens is 380 g/mol. The van der Waals surface area contributed by atoms with Crippen LogP contribution in [0.4, 0.5) is 0 Å². The van der Waals surface area contributed by atoms with E-state index in [0.717, 1.165) is 70.2 Å². The summed E-state index contributed by atoms with van der Waals surface area (Å²) in [5.41, 5.74) is 1.81. The molecule has 1 aromatic heterocycles. The number of pyridine rings is 1. The molecule has 0 unspecified atom stereocenters. The Bertz CT molecular complexity index is 883. The summed E-state index contributed by atoms with van der Waals surface area (Å²) in [6.07, 6.45) is 3.91. The molecule has 0 aliphatic carbocycles. The quantitative estimate of drug-likeness (QED) is 0.773. The molecule has 1 amide bonds. The highest BCUT2D eigenvalue weighted by molar-refractivity contribution is 5.92. The van der Waals surface area contributed by atoms with E-state index in [4.69, 9.17) is 9.47 Å². The van der Waals surface area contributed by atoms with E-state index in [2.05, 4.69) is 26.9 Å². The van der Waals surface area contributed by atoms with Crippen molar-refractivity contribution >= 4 is 5.91 Å². The van der Waals surface area contributed by atoms with Gasteiger partial charge in [0.1, 0.15) is 5.69 Å². The summed E-state index contributed by atoms with van der Waals surface area (Å²) in [6.45, 7) is 7.05. The summed E-state index contributed by atoms with van der Waals surface area (Å²) in [4.78, 5) is 24.1. The molecule has 30 heavy (non-hydrogen) atoms. The van der Waals surface area contributed by atoms with Gasteiger partial charge in [-0.3, -0.25) is 19.6 Å². The maximum atomic E-state index is 12.8. The van der Waals surface area contributed by atoms with E-state index in [-0.39, 0.29) is 5.91 Å². The lowest BCUT2D eigenvalue weighted by molar-refractivity contribution is 0.0404. The van der Waals surface area contributed by atoms with Crippen LogP contribution in [-0.2, 0) is 6.54 Å². The predicted molar refractivity (Wildman–Crippen MR) is 113 cm³/mol. The van der Waals surface area contributed by atoms with Crippen molar-refractivity contribution in [1.29, 1.82) is 0 Å². The van der Waals surface area contributed by atoms with Crippen LogP contribution in [0.15, 0.2) is 42.6 Å². The number of nitrogens with zero attached hydrogens (tertiary/aromatic N) is 4. The van der Waals surface area contributed by atoms with Crippen LogP contribution in [0.5, 0.6) is 11.5 Å². The number of carbonyl (C=O) groups is 1. The van der Waals surface area contributed by atoms with E-state index >= 15 is 0 Å². The molecule has 7 nitrogen and oxygen atoms in total. The minimum absolute atomic E-state index is 0.0572. The molecule has 1 aromatic carbocycles. The fourth-order valence-electron chi connectivity index (χ4n) is 4.67. The van der Waals surface area contributed by atoms with E-state index in [1.165, 1.54) is 5.56 Å². The number of benzene rings is 1. The molecule has 0 bridgehead atoms. The third kappa shape index (κ3) is 4.13. The number of ether oxygens (including phenoxy) is 2. The number of hydrogen-bond acceptors (Lipinski definition) is 6. The lowest BCUT2D eigenvalue weighted by Gasteiger charge is -2.43. The van der Waals surface area contributed by atoms with Crippen LogP contribution in [0.1, 0.15) is 28.9 Å². The van der Waals surface area contributed by atoms with Crippen LogP contribution in [0, 0.1) is 0 Å². The predicted octanol–water partition coefficient (Wildman–Crippen LogP) is 2.23. The highest BCUT2D eigenvalue weighted by Crippen LogP contribution is 2.33. The molecule has 0 spiro atoms. The monoisotopic (exact) mass is 408 g/mol. The number of amides is 1. The summed E-state index contributed by atoms with van der Waals surface area (Å²) in [6, 6.07) is 12.2. The van der Waals surface area contributed by atoms with Gasteiger partial charge in [0.15, 0.2) is 11.5 Å². The molecule has 0 saturated carbocycles. The Balaban J connectivity index is 1.14. The zero-order valence-electron chi connectivity index (χ0n) is 17.2. The largest absolute Gasteiger partial charge is 0.454 e. The Kier molecular flexibility index (Phi) is 5.55. The minimum atomic E-state index is 0.0572. The Morgan fingerprint density at radius 1 is 1.03 bits per heavy atom. The minimum Gasteiger partial charge on any atom is -0.454 e. The topological polar surface area (TPSA) is 58.1 Å². The van der Waals surface area contributed by atoms with Crippen LogP contribution in [0.3, 0.4) is 0 Å². The first kappa shape index (κ1) is 19.3. The molecule has 7 heteroatoms. The first-order chi connectivity index (χ1) is 14.8. The van der Waals surface area contributed by atoms with Crippen molar-refractivity contribution in [1.82, 2.24) is 19.7 Å².